The van der Waals surface area contributed by atoms with Gasteiger partial charge in [-0.15, -0.1) is 0 Å². The third kappa shape index (κ3) is 7.32. The van der Waals surface area contributed by atoms with E-state index in [0.29, 0.717) is 0 Å². The summed E-state index contributed by atoms with van der Waals surface area (Å²) in [6.45, 7) is 6.80. The Morgan fingerprint density at radius 1 is 1.33 bits per heavy atom. The van der Waals surface area contributed by atoms with E-state index in [0.717, 1.165) is 18.5 Å². The van der Waals surface area contributed by atoms with Gasteiger partial charge in [0, 0.05) is 12.6 Å². The quantitative estimate of drug-likeness (QED) is 0.496. The topological polar surface area (TPSA) is 29.1 Å². The predicted octanol–water partition coefficient (Wildman–Crippen LogP) is 2.26. The Morgan fingerprint density at radius 2 is 2.00 bits per heavy atom. The zero-order valence-corrected chi connectivity index (χ0v) is 8.31. The molecular weight excluding hydrogens is 150 g/mol. The number of hydrogen-bond donors (Lipinski definition) is 1. The van der Waals surface area contributed by atoms with Crippen molar-refractivity contribution in [2.75, 3.05) is 6.54 Å². The van der Waals surface area contributed by atoms with E-state index >= 15 is 0 Å². The van der Waals surface area contributed by atoms with Gasteiger partial charge in [0.15, 0.2) is 0 Å². The molecule has 2 nitrogen and oxygen atoms in total. The fraction of sp³-hybridized carbons (Fsp3) is 0.700. The van der Waals surface area contributed by atoms with Crippen LogP contribution in [0.15, 0.2) is 11.6 Å². The molecule has 0 saturated heterocycles. The van der Waals surface area contributed by atoms with Gasteiger partial charge in [-0.2, -0.15) is 0 Å². The van der Waals surface area contributed by atoms with Gasteiger partial charge in [-0.05, 0) is 20.3 Å². The highest BCUT2D eigenvalue weighted by atomic mass is 16.1. The molecular formula is C10H19NO. The highest BCUT2D eigenvalue weighted by Crippen LogP contribution is 1.92. The normalized spacial score (nSPS) is 9.25. The molecule has 0 spiro atoms. The van der Waals surface area contributed by atoms with Crippen LogP contribution < -0.4 is 5.32 Å². The Kier molecular flexibility index (Phi) is 6.44. The van der Waals surface area contributed by atoms with Gasteiger partial charge in [-0.3, -0.25) is 4.79 Å². The number of carbonyl (C=O) groups is 1. The summed E-state index contributed by atoms with van der Waals surface area (Å²) in [5.41, 5.74) is 1.04. The van der Waals surface area contributed by atoms with E-state index in [2.05, 4.69) is 12.2 Å². The van der Waals surface area contributed by atoms with Crippen LogP contribution in [-0.4, -0.2) is 12.5 Å². The molecule has 0 fully saturated rings. The number of rotatable bonds is 5. The molecule has 12 heavy (non-hydrogen) atoms. The van der Waals surface area contributed by atoms with Crippen LogP contribution in [-0.2, 0) is 4.79 Å². The van der Waals surface area contributed by atoms with Crippen LogP contribution in [0, 0.1) is 0 Å². The van der Waals surface area contributed by atoms with Crippen LogP contribution in [0.4, 0.5) is 0 Å². The molecule has 0 heterocycles. The van der Waals surface area contributed by atoms with E-state index in [1.807, 2.05) is 13.8 Å². The van der Waals surface area contributed by atoms with E-state index in [1.165, 1.54) is 12.8 Å². The Labute approximate surface area is 75.0 Å². The molecule has 0 unspecified atom stereocenters. The Balaban J connectivity index is 3.39. The Hall–Kier alpha value is -0.790. The third-order valence-corrected chi connectivity index (χ3v) is 1.50. The standard InChI is InChI=1S/C10H19NO/c1-4-5-6-7-11-10(12)8-9(2)3/h8H,4-7H2,1-3H3,(H,11,12). The Bertz CT molecular complexity index is 157. The first kappa shape index (κ1) is 11.2. The van der Waals surface area contributed by atoms with Crippen LogP contribution >= 0.6 is 0 Å². The molecule has 1 amide bonds. The first-order valence-electron chi connectivity index (χ1n) is 4.59. The van der Waals surface area contributed by atoms with Crippen molar-refractivity contribution in [3.63, 3.8) is 0 Å². The second kappa shape index (κ2) is 6.89. The summed E-state index contributed by atoms with van der Waals surface area (Å²) in [5.74, 6) is 0.0334. The van der Waals surface area contributed by atoms with Crippen LogP contribution in [0.25, 0.3) is 0 Å². The van der Waals surface area contributed by atoms with Crippen LogP contribution in [0.3, 0.4) is 0 Å². The first-order valence-corrected chi connectivity index (χ1v) is 4.59. The second-order valence-corrected chi connectivity index (χ2v) is 3.22. The van der Waals surface area contributed by atoms with E-state index in [4.69, 9.17) is 0 Å². The molecule has 0 aliphatic rings. The van der Waals surface area contributed by atoms with E-state index < -0.39 is 0 Å². The smallest absolute Gasteiger partial charge is 0.243 e. The maximum absolute atomic E-state index is 11.0. The number of unbranched alkanes of at least 4 members (excludes halogenated alkanes) is 2. The summed E-state index contributed by atoms with van der Waals surface area (Å²) in [6.07, 6.45) is 5.10. The van der Waals surface area contributed by atoms with E-state index in [1.54, 1.807) is 6.08 Å². The summed E-state index contributed by atoms with van der Waals surface area (Å²) in [6, 6.07) is 0. The van der Waals surface area contributed by atoms with Crippen molar-refractivity contribution >= 4 is 5.91 Å². The minimum atomic E-state index is 0.0334. The number of carbonyl (C=O) groups excluding carboxylic acids is 1. The SMILES string of the molecule is CCCCCNC(=O)C=C(C)C. The van der Waals surface area contributed by atoms with Crippen molar-refractivity contribution in [1.82, 2.24) is 5.32 Å². The van der Waals surface area contributed by atoms with Crippen molar-refractivity contribution in [1.29, 1.82) is 0 Å². The average molecular weight is 169 g/mol. The number of amides is 1. The molecule has 0 aliphatic carbocycles. The summed E-state index contributed by atoms with van der Waals surface area (Å²) in [7, 11) is 0. The van der Waals surface area contributed by atoms with Crippen molar-refractivity contribution in [2.45, 2.75) is 40.0 Å². The zero-order chi connectivity index (χ0) is 9.40. The van der Waals surface area contributed by atoms with Crippen LogP contribution in [0.2, 0.25) is 0 Å². The van der Waals surface area contributed by atoms with Gasteiger partial charge >= 0.3 is 0 Å². The first-order chi connectivity index (χ1) is 5.66. The van der Waals surface area contributed by atoms with Gasteiger partial charge in [-0.25, -0.2) is 0 Å². The molecule has 70 valence electrons. The fourth-order valence-corrected chi connectivity index (χ4v) is 0.900. The largest absolute Gasteiger partial charge is 0.353 e. The summed E-state index contributed by atoms with van der Waals surface area (Å²) < 4.78 is 0. The molecule has 0 aromatic heterocycles. The molecule has 0 bridgehead atoms. The van der Waals surface area contributed by atoms with Gasteiger partial charge in [0.25, 0.3) is 0 Å². The highest BCUT2D eigenvalue weighted by molar-refractivity contribution is 5.87. The third-order valence-electron chi connectivity index (χ3n) is 1.50. The molecule has 0 rings (SSSR count). The monoisotopic (exact) mass is 169 g/mol. The lowest BCUT2D eigenvalue weighted by atomic mass is 10.2. The molecule has 0 saturated carbocycles. The maximum atomic E-state index is 11.0. The van der Waals surface area contributed by atoms with Crippen molar-refractivity contribution in [3.05, 3.63) is 11.6 Å². The van der Waals surface area contributed by atoms with Crippen molar-refractivity contribution < 1.29 is 4.79 Å². The highest BCUT2D eigenvalue weighted by Gasteiger charge is 1.93. The molecule has 0 radical (unpaired) electrons. The number of hydrogen-bond acceptors (Lipinski definition) is 1. The minimum absolute atomic E-state index is 0.0334. The molecule has 1 N–H and O–H groups in total. The average Bonchev–Trinajstić information content (AvgIpc) is 1.97. The number of nitrogens with one attached hydrogen (secondary N) is 1. The van der Waals surface area contributed by atoms with Gasteiger partial charge < -0.3 is 5.32 Å². The minimum Gasteiger partial charge on any atom is -0.353 e. The number of allylic oxidation sites excluding steroid dienone is 1. The van der Waals surface area contributed by atoms with Crippen LogP contribution in [0.1, 0.15) is 40.0 Å². The summed E-state index contributed by atoms with van der Waals surface area (Å²) >= 11 is 0. The second-order valence-electron chi connectivity index (χ2n) is 3.22. The van der Waals surface area contributed by atoms with Gasteiger partial charge in [0.2, 0.25) is 5.91 Å². The van der Waals surface area contributed by atoms with Gasteiger partial charge in [-0.1, -0.05) is 25.3 Å². The Morgan fingerprint density at radius 3 is 2.50 bits per heavy atom. The fourth-order valence-electron chi connectivity index (χ4n) is 0.900. The molecule has 2 heteroatoms. The molecule has 0 atom stereocenters. The van der Waals surface area contributed by atoms with Crippen molar-refractivity contribution in [3.8, 4) is 0 Å². The maximum Gasteiger partial charge on any atom is 0.243 e. The van der Waals surface area contributed by atoms with E-state index in [9.17, 15) is 4.79 Å². The van der Waals surface area contributed by atoms with Gasteiger partial charge in [0.1, 0.15) is 0 Å². The van der Waals surface area contributed by atoms with Gasteiger partial charge in [0.05, 0.1) is 0 Å². The lowest BCUT2D eigenvalue weighted by Gasteiger charge is -2.00. The lowest BCUT2D eigenvalue weighted by Crippen LogP contribution is -2.22. The van der Waals surface area contributed by atoms with Crippen molar-refractivity contribution in [2.24, 2.45) is 0 Å². The molecule has 0 aromatic carbocycles. The zero-order valence-electron chi connectivity index (χ0n) is 8.31. The molecule has 0 aromatic rings. The molecule has 0 aliphatic heterocycles. The predicted molar refractivity (Wildman–Crippen MR) is 52.0 cm³/mol. The van der Waals surface area contributed by atoms with Crippen LogP contribution in [0.5, 0.6) is 0 Å². The van der Waals surface area contributed by atoms with E-state index in [-0.39, 0.29) is 5.91 Å². The summed E-state index contributed by atoms with van der Waals surface area (Å²) in [4.78, 5) is 11.0. The lowest BCUT2D eigenvalue weighted by molar-refractivity contribution is -0.116. The summed E-state index contributed by atoms with van der Waals surface area (Å²) in [5, 5.41) is 2.83.